The number of likely N-dealkylation sites (N-methyl/N-ethyl adjacent to an activating group) is 1. The maximum absolute atomic E-state index is 13.7. The van der Waals surface area contributed by atoms with Gasteiger partial charge >= 0.3 is 0 Å². The Bertz CT molecular complexity index is 904. The second-order valence-corrected chi connectivity index (χ2v) is 10.0. The van der Waals surface area contributed by atoms with Gasteiger partial charge in [-0.3, -0.25) is 14.7 Å². The van der Waals surface area contributed by atoms with Gasteiger partial charge in [-0.25, -0.2) is 0 Å². The van der Waals surface area contributed by atoms with Gasteiger partial charge in [-0.15, -0.1) is 0 Å². The van der Waals surface area contributed by atoms with Gasteiger partial charge in [-0.1, -0.05) is 43.3 Å². The fourth-order valence-corrected chi connectivity index (χ4v) is 6.46. The molecule has 3 fully saturated rings. The third-order valence-electron chi connectivity index (χ3n) is 7.90. The van der Waals surface area contributed by atoms with Crippen molar-refractivity contribution in [2.45, 2.75) is 69.7 Å². The van der Waals surface area contributed by atoms with Gasteiger partial charge in [0.05, 0.1) is 12.2 Å². The summed E-state index contributed by atoms with van der Waals surface area (Å²) in [5.74, 6) is 0.277. The molecule has 5 heteroatoms. The van der Waals surface area contributed by atoms with E-state index in [1.807, 2.05) is 31.4 Å². The van der Waals surface area contributed by atoms with Gasteiger partial charge in [0.25, 0.3) is 0 Å². The second kappa shape index (κ2) is 8.36. The molecule has 164 valence electrons. The van der Waals surface area contributed by atoms with E-state index in [9.17, 15) is 4.79 Å². The highest BCUT2D eigenvalue weighted by molar-refractivity contribution is 5.80. The van der Waals surface area contributed by atoms with Gasteiger partial charge in [0.1, 0.15) is 0 Å². The molecule has 1 aliphatic carbocycles. The number of hydrogen-bond donors (Lipinski definition) is 1. The van der Waals surface area contributed by atoms with Crippen molar-refractivity contribution in [1.29, 1.82) is 0 Å². The number of hydrogen-bond acceptors (Lipinski definition) is 4. The molecule has 5 nitrogen and oxygen atoms in total. The molecule has 0 unspecified atom stereocenters. The van der Waals surface area contributed by atoms with Crippen molar-refractivity contribution in [1.82, 2.24) is 20.1 Å². The molecular weight excluding hydrogens is 384 g/mol. The fraction of sp³-hybridized carbons (Fsp3) is 0.538. The molecule has 0 radical (unpaired) electrons. The van der Waals surface area contributed by atoms with Crippen molar-refractivity contribution in [3.05, 3.63) is 66.0 Å². The Morgan fingerprint density at radius 1 is 1.19 bits per heavy atom. The summed E-state index contributed by atoms with van der Waals surface area (Å²) in [5, 5.41) is 4.00. The number of benzene rings is 1. The van der Waals surface area contributed by atoms with Crippen LogP contribution in [0.2, 0.25) is 0 Å². The molecule has 5 rings (SSSR count). The molecule has 3 heterocycles. The highest BCUT2D eigenvalue weighted by Gasteiger charge is 2.60. The van der Waals surface area contributed by atoms with Gasteiger partial charge in [0.2, 0.25) is 5.91 Å². The van der Waals surface area contributed by atoms with Gasteiger partial charge in [-0.05, 0) is 56.8 Å². The molecule has 5 atom stereocenters. The van der Waals surface area contributed by atoms with Crippen LogP contribution < -0.4 is 5.32 Å². The molecule has 2 aliphatic heterocycles. The number of likely N-dealkylation sites (tertiary alicyclic amines) is 1. The van der Waals surface area contributed by atoms with Gasteiger partial charge < -0.3 is 10.2 Å². The fourth-order valence-electron chi connectivity index (χ4n) is 6.46. The lowest BCUT2D eigenvalue weighted by molar-refractivity contribution is -0.136. The molecule has 2 aromatic rings. The van der Waals surface area contributed by atoms with Crippen LogP contribution in [0.1, 0.15) is 43.9 Å². The molecule has 2 saturated heterocycles. The van der Waals surface area contributed by atoms with Crippen LogP contribution in [-0.2, 0) is 17.8 Å². The first-order valence-electron chi connectivity index (χ1n) is 11.7. The summed E-state index contributed by atoms with van der Waals surface area (Å²) in [4.78, 5) is 22.5. The van der Waals surface area contributed by atoms with E-state index in [2.05, 4.69) is 57.4 Å². The van der Waals surface area contributed by atoms with E-state index >= 15 is 0 Å². The number of amides is 1. The number of nitrogens with zero attached hydrogens (tertiary/aromatic N) is 3. The standard InChI is InChI=1S/C26H34N4O/c1-26-16-22-21(15-19-9-4-3-5-10-19)28-23(26)12-8-13-24(26)30(22)25(31)18-29(2)17-20-11-6-7-14-27-20/h3-7,9-11,14,21-24,28H,8,12-13,15-18H2,1-2H3/t21-,22+,23-,24+,26-/m1/s1. The monoisotopic (exact) mass is 418 g/mol. The molecule has 2 bridgehead atoms. The van der Waals surface area contributed by atoms with E-state index in [1.54, 1.807) is 0 Å². The van der Waals surface area contributed by atoms with Crippen LogP contribution in [0.5, 0.6) is 0 Å². The van der Waals surface area contributed by atoms with E-state index in [1.165, 1.54) is 18.4 Å². The summed E-state index contributed by atoms with van der Waals surface area (Å²) < 4.78 is 0. The summed E-state index contributed by atoms with van der Waals surface area (Å²) in [7, 11) is 2.03. The minimum Gasteiger partial charge on any atom is -0.333 e. The molecule has 0 spiro atoms. The number of carbonyl (C=O) groups excluding carboxylic acids is 1. The number of fused-ring (bicyclic) bond motifs is 1. The number of carbonyl (C=O) groups is 1. The minimum atomic E-state index is 0.200. The molecule has 1 aromatic carbocycles. The first kappa shape index (κ1) is 20.7. The molecule has 1 N–H and O–H groups in total. The predicted octanol–water partition coefficient (Wildman–Crippen LogP) is 3.26. The number of nitrogens with one attached hydrogen (secondary N) is 1. The molecule has 3 aliphatic rings. The van der Waals surface area contributed by atoms with Gasteiger partial charge in [-0.2, -0.15) is 0 Å². The zero-order valence-electron chi connectivity index (χ0n) is 18.7. The second-order valence-electron chi connectivity index (χ2n) is 10.0. The lowest BCUT2D eigenvalue weighted by Gasteiger charge is -2.46. The van der Waals surface area contributed by atoms with E-state index in [0.29, 0.717) is 31.2 Å². The summed E-state index contributed by atoms with van der Waals surface area (Å²) in [6.45, 7) is 3.56. The Morgan fingerprint density at radius 3 is 2.77 bits per heavy atom. The largest absolute Gasteiger partial charge is 0.333 e. The third kappa shape index (κ3) is 3.90. The quantitative estimate of drug-likeness (QED) is 0.782. The van der Waals surface area contributed by atoms with E-state index in [-0.39, 0.29) is 17.4 Å². The van der Waals surface area contributed by atoms with Crippen molar-refractivity contribution in [2.24, 2.45) is 5.41 Å². The summed E-state index contributed by atoms with van der Waals surface area (Å²) in [6.07, 6.45) is 7.50. The smallest absolute Gasteiger partial charge is 0.237 e. The van der Waals surface area contributed by atoms with Crippen LogP contribution in [0.15, 0.2) is 54.7 Å². The molecule has 1 saturated carbocycles. The zero-order chi connectivity index (χ0) is 21.4. The third-order valence-corrected chi connectivity index (χ3v) is 7.90. The zero-order valence-corrected chi connectivity index (χ0v) is 18.7. The number of aromatic nitrogens is 1. The van der Waals surface area contributed by atoms with Crippen molar-refractivity contribution in [3.63, 3.8) is 0 Å². The summed E-state index contributed by atoms with van der Waals surface area (Å²) >= 11 is 0. The Morgan fingerprint density at radius 2 is 2.00 bits per heavy atom. The van der Waals surface area contributed by atoms with Crippen molar-refractivity contribution < 1.29 is 4.79 Å². The highest BCUT2D eigenvalue weighted by Crippen LogP contribution is 2.53. The minimum absolute atomic E-state index is 0.200. The highest BCUT2D eigenvalue weighted by atomic mass is 16.2. The molecule has 31 heavy (non-hydrogen) atoms. The van der Waals surface area contributed by atoms with Gasteiger partial charge in [0, 0.05) is 42.3 Å². The van der Waals surface area contributed by atoms with Crippen molar-refractivity contribution in [3.8, 4) is 0 Å². The van der Waals surface area contributed by atoms with Crippen molar-refractivity contribution >= 4 is 5.91 Å². The Labute approximate surface area is 185 Å². The molecule has 1 aromatic heterocycles. The molecule has 1 amide bonds. The lowest BCUT2D eigenvalue weighted by atomic mass is 9.65. The van der Waals surface area contributed by atoms with Crippen LogP contribution in [0.4, 0.5) is 0 Å². The van der Waals surface area contributed by atoms with Crippen LogP contribution >= 0.6 is 0 Å². The summed E-state index contributed by atoms with van der Waals surface area (Å²) in [6, 6.07) is 18.2. The van der Waals surface area contributed by atoms with Crippen LogP contribution in [0, 0.1) is 5.41 Å². The first-order chi connectivity index (χ1) is 15.0. The number of rotatable bonds is 6. The normalized spacial score (nSPS) is 31.8. The van der Waals surface area contributed by atoms with Crippen LogP contribution in [0.25, 0.3) is 0 Å². The Balaban J connectivity index is 1.35. The van der Waals surface area contributed by atoms with Crippen LogP contribution in [-0.4, -0.2) is 58.5 Å². The SMILES string of the molecule is CN(CC(=O)N1[C@H]2CCC[C@H]3N[C@H](Cc4ccccc4)[C@@H]1C[C@@]23C)Cc1ccccn1. The van der Waals surface area contributed by atoms with Gasteiger partial charge in [0.15, 0.2) is 0 Å². The predicted molar refractivity (Wildman–Crippen MR) is 122 cm³/mol. The Kier molecular flexibility index (Phi) is 5.57. The van der Waals surface area contributed by atoms with Crippen LogP contribution in [0.3, 0.4) is 0 Å². The number of pyridine rings is 1. The number of piperidine rings is 1. The lowest BCUT2D eigenvalue weighted by Crippen LogP contribution is -2.58. The van der Waals surface area contributed by atoms with E-state index in [0.717, 1.165) is 25.0 Å². The molecular formula is C26H34N4O. The maximum atomic E-state index is 13.7. The van der Waals surface area contributed by atoms with E-state index in [4.69, 9.17) is 0 Å². The van der Waals surface area contributed by atoms with E-state index < -0.39 is 0 Å². The summed E-state index contributed by atoms with van der Waals surface area (Å²) in [5.41, 5.74) is 2.56. The maximum Gasteiger partial charge on any atom is 0.237 e. The first-order valence-corrected chi connectivity index (χ1v) is 11.7. The van der Waals surface area contributed by atoms with Crippen molar-refractivity contribution in [2.75, 3.05) is 13.6 Å². The topological polar surface area (TPSA) is 48.5 Å². The average molecular weight is 419 g/mol. The Hall–Kier alpha value is -2.24. The average Bonchev–Trinajstić information content (AvgIpc) is 3.08.